The van der Waals surface area contributed by atoms with Crippen molar-refractivity contribution in [1.29, 1.82) is 0 Å². The van der Waals surface area contributed by atoms with E-state index in [0.717, 1.165) is 31.2 Å². The van der Waals surface area contributed by atoms with Crippen molar-refractivity contribution in [2.24, 2.45) is 0 Å². The molecule has 4 nitrogen and oxygen atoms in total. The van der Waals surface area contributed by atoms with E-state index >= 15 is 0 Å². The van der Waals surface area contributed by atoms with Crippen LogP contribution in [0.3, 0.4) is 0 Å². The lowest BCUT2D eigenvalue weighted by Gasteiger charge is -2.24. The first-order valence-corrected chi connectivity index (χ1v) is 8.04. The number of hydrogen-bond donors (Lipinski definition) is 2. The number of sulfonamides is 1. The average Bonchev–Trinajstić information content (AvgIpc) is 2.45. The predicted molar refractivity (Wildman–Crippen MR) is 77.5 cm³/mol. The van der Waals surface area contributed by atoms with Crippen LogP contribution in [0.2, 0.25) is 0 Å². The molecule has 0 saturated heterocycles. The summed E-state index contributed by atoms with van der Waals surface area (Å²) in [6.07, 6.45) is 0. The van der Waals surface area contributed by atoms with Crippen LogP contribution in [0.25, 0.3) is 0 Å². The molecule has 0 spiro atoms. The van der Waals surface area contributed by atoms with Crippen LogP contribution in [0.4, 0.5) is 13.2 Å². The molecule has 0 saturated carbocycles. The largest absolute Gasteiger partial charge is 0.384 e. The van der Waals surface area contributed by atoms with Gasteiger partial charge in [-0.15, -0.1) is 0 Å². The van der Waals surface area contributed by atoms with E-state index in [2.05, 4.69) is 0 Å². The molecule has 2 aromatic rings. The molecular weight excluding hydrogens is 331 g/mol. The summed E-state index contributed by atoms with van der Waals surface area (Å²) in [5, 5.41) is 10.3. The zero-order valence-electron chi connectivity index (χ0n) is 12.1. The van der Waals surface area contributed by atoms with E-state index in [-0.39, 0.29) is 5.56 Å². The minimum atomic E-state index is -4.23. The fourth-order valence-electron chi connectivity index (χ4n) is 2.00. The van der Waals surface area contributed by atoms with Crippen LogP contribution in [0.5, 0.6) is 0 Å². The minimum absolute atomic E-state index is 0.282. The van der Waals surface area contributed by atoms with Crippen molar-refractivity contribution in [3.63, 3.8) is 0 Å². The summed E-state index contributed by atoms with van der Waals surface area (Å²) in [6.45, 7) is 0.541. The monoisotopic (exact) mass is 345 g/mol. The average molecular weight is 345 g/mol. The molecule has 8 heteroatoms. The van der Waals surface area contributed by atoms with Gasteiger partial charge in [-0.2, -0.15) is 0 Å². The summed E-state index contributed by atoms with van der Waals surface area (Å²) in [7, 11) is -4.23. The molecule has 2 rings (SSSR count). The maximum atomic E-state index is 13.7. The number of nitrogens with one attached hydrogen (secondary N) is 1. The molecule has 1 unspecified atom stereocenters. The van der Waals surface area contributed by atoms with Gasteiger partial charge < -0.3 is 5.11 Å². The lowest BCUT2D eigenvalue weighted by Crippen LogP contribution is -2.39. The first kappa shape index (κ1) is 17.5. The fraction of sp³-hybridized carbons (Fsp3) is 0.200. The Kier molecular flexibility index (Phi) is 4.79. The SMILES string of the molecule is CC(O)(CNS(=O)(=O)c1ccccc1F)c1ccc(F)cc1F. The second-order valence-electron chi connectivity index (χ2n) is 5.15. The van der Waals surface area contributed by atoms with Crippen LogP contribution < -0.4 is 4.72 Å². The highest BCUT2D eigenvalue weighted by Gasteiger charge is 2.30. The third-order valence-corrected chi connectivity index (χ3v) is 4.68. The Hall–Kier alpha value is -1.90. The first-order chi connectivity index (χ1) is 10.6. The van der Waals surface area contributed by atoms with E-state index in [4.69, 9.17) is 0 Å². The molecule has 0 bridgehead atoms. The van der Waals surface area contributed by atoms with E-state index in [1.807, 2.05) is 4.72 Å². The van der Waals surface area contributed by atoms with E-state index in [0.29, 0.717) is 6.07 Å². The molecule has 2 aromatic carbocycles. The Bertz CT molecular complexity index is 822. The maximum absolute atomic E-state index is 13.7. The number of aliphatic hydroxyl groups is 1. The quantitative estimate of drug-likeness (QED) is 0.874. The van der Waals surface area contributed by atoms with Crippen LogP contribution in [0.1, 0.15) is 12.5 Å². The molecule has 124 valence electrons. The zero-order chi connectivity index (χ0) is 17.3. The minimum Gasteiger partial charge on any atom is -0.384 e. The van der Waals surface area contributed by atoms with Crippen LogP contribution in [-0.2, 0) is 15.6 Å². The van der Waals surface area contributed by atoms with Gasteiger partial charge in [0, 0.05) is 18.2 Å². The third-order valence-electron chi connectivity index (χ3n) is 3.24. The van der Waals surface area contributed by atoms with Crippen molar-refractivity contribution >= 4 is 10.0 Å². The number of benzene rings is 2. The van der Waals surface area contributed by atoms with Gasteiger partial charge in [0.05, 0.1) is 0 Å². The molecule has 0 aliphatic carbocycles. The van der Waals surface area contributed by atoms with Crippen molar-refractivity contribution in [2.75, 3.05) is 6.54 Å². The Morgan fingerprint density at radius 3 is 2.35 bits per heavy atom. The van der Waals surface area contributed by atoms with Crippen LogP contribution in [0, 0.1) is 17.5 Å². The van der Waals surface area contributed by atoms with Crippen LogP contribution in [0.15, 0.2) is 47.4 Å². The van der Waals surface area contributed by atoms with Gasteiger partial charge >= 0.3 is 0 Å². The highest BCUT2D eigenvalue weighted by molar-refractivity contribution is 7.89. The molecule has 0 fully saturated rings. The van der Waals surface area contributed by atoms with Gasteiger partial charge in [-0.3, -0.25) is 0 Å². The Morgan fingerprint density at radius 1 is 1.09 bits per heavy atom. The molecule has 0 aromatic heterocycles. The predicted octanol–water partition coefficient (Wildman–Crippen LogP) is 2.29. The lowest BCUT2D eigenvalue weighted by molar-refractivity contribution is 0.0588. The summed E-state index contributed by atoms with van der Waals surface area (Å²) < 4.78 is 66.3. The highest BCUT2D eigenvalue weighted by Crippen LogP contribution is 2.24. The molecule has 23 heavy (non-hydrogen) atoms. The molecule has 0 aliphatic rings. The molecule has 0 aliphatic heterocycles. The molecule has 1 atom stereocenters. The summed E-state index contributed by atoms with van der Waals surface area (Å²) >= 11 is 0. The van der Waals surface area contributed by atoms with Gasteiger partial charge in [-0.25, -0.2) is 26.3 Å². The normalized spacial score (nSPS) is 14.5. The van der Waals surface area contributed by atoms with E-state index in [1.54, 1.807) is 0 Å². The summed E-state index contributed by atoms with van der Waals surface area (Å²) in [5.41, 5.74) is -2.23. The van der Waals surface area contributed by atoms with Crippen molar-refractivity contribution in [1.82, 2.24) is 4.72 Å². The Labute approximate surface area is 131 Å². The van der Waals surface area contributed by atoms with Gasteiger partial charge in [-0.05, 0) is 25.1 Å². The Morgan fingerprint density at radius 2 is 1.74 bits per heavy atom. The van der Waals surface area contributed by atoms with Gasteiger partial charge in [0.25, 0.3) is 0 Å². The van der Waals surface area contributed by atoms with Crippen molar-refractivity contribution in [2.45, 2.75) is 17.4 Å². The van der Waals surface area contributed by atoms with E-state index < -0.39 is 44.5 Å². The van der Waals surface area contributed by atoms with Gasteiger partial charge in [0.15, 0.2) is 0 Å². The second kappa shape index (κ2) is 6.31. The molecule has 0 heterocycles. The number of rotatable bonds is 5. The highest BCUT2D eigenvalue weighted by atomic mass is 32.2. The van der Waals surface area contributed by atoms with E-state index in [9.17, 15) is 26.7 Å². The maximum Gasteiger partial charge on any atom is 0.243 e. The Balaban J connectivity index is 2.23. The topological polar surface area (TPSA) is 66.4 Å². The van der Waals surface area contributed by atoms with Crippen molar-refractivity contribution < 1.29 is 26.7 Å². The van der Waals surface area contributed by atoms with Gasteiger partial charge in [0.2, 0.25) is 10.0 Å². The number of halogens is 3. The van der Waals surface area contributed by atoms with Crippen molar-refractivity contribution in [3.05, 3.63) is 65.5 Å². The van der Waals surface area contributed by atoms with Gasteiger partial charge in [0.1, 0.15) is 27.9 Å². The number of hydrogen-bond acceptors (Lipinski definition) is 3. The molecular formula is C15H14F3NO3S. The third kappa shape index (κ3) is 3.90. The second-order valence-corrected chi connectivity index (χ2v) is 6.89. The van der Waals surface area contributed by atoms with Crippen LogP contribution in [-0.4, -0.2) is 20.1 Å². The molecule has 0 radical (unpaired) electrons. The smallest absolute Gasteiger partial charge is 0.243 e. The first-order valence-electron chi connectivity index (χ1n) is 6.55. The summed E-state index contributed by atoms with van der Waals surface area (Å²) in [5.74, 6) is -2.79. The van der Waals surface area contributed by atoms with Crippen LogP contribution >= 0.6 is 0 Å². The summed E-state index contributed by atoms with van der Waals surface area (Å²) in [4.78, 5) is -0.588. The molecule has 0 amide bonds. The van der Waals surface area contributed by atoms with E-state index in [1.165, 1.54) is 12.1 Å². The lowest BCUT2D eigenvalue weighted by atomic mass is 9.96. The van der Waals surface area contributed by atoms with Crippen molar-refractivity contribution in [3.8, 4) is 0 Å². The summed E-state index contributed by atoms with van der Waals surface area (Å²) in [6, 6.07) is 7.25. The molecule has 2 N–H and O–H groups in total. The standard InChI is InChI=1S/C15H14F3NO3S/c1-15(20,11-7-6-10(16)8-13(11)18)9-19-23(21,22)14-5-3-2-4-12(14)17/h2-8,19-20H,9H2,1H3. The fourth-order valence-corrected chi connectivity index (χ4v) is 3.21. The van der Waals surface area contributed by atoms with Gasteiger partial charge in [-0.1, -0.05) is 18.2 Å². The zero-order valence-corrected chi connectivity index (χ0v) is 12.9.